The van der Waals surface area contributed by atoms with Crippen molar-refractivity contribution in [2.45, 2.75) is 12.8 Å². The minimum atomic E-state index is -3.53. The number of aryl methyl sites for hydroxylation is 1. The van der Waals surface area contributed by atoms with Crippen LogP contribution in [-0.2, 0) is 11.0 Å². The summed E-state index contributed by atoms with van der Waals surface area (Å²) in [7, 11) is -3.53. The molecule has 1 heterocycles. The highest BCUT2D eigenvalue weighted by atomic mass is 32.1. The number of para-hydroxylation sites is 1. The normalized spacial score (nSPS) is 14.1. The van der Waals surface area contributed by atoms with Crippen LogP contribution in [0.3, 0.4) is 0 Å². The van der Waals surface area contributed by atoms with Crippen LogP contribution in [0.15, 0.2) is 47.2 Å². The molecule has 0 saturated carbocycles. The molecule has 0 radical (unpaired) electrons. The predicted molar refractivity (Wildman–Crippen MR) is 74.4 cm³/mol. The molecule has 96 valence electrons. The average molecular weight is 282 g/mol. The quantitative estimate of drug-likeness (QED) is 0.816. The van der Waals surface area contributed by atoms with Gasteiger partial charge in [-0.2, -0.15) is 11.3 Å². The van der Waals surface area contributed by atoms with Gasteiger partial charge in [-0.05, 0) is 47.4 Å². The highest BCUT2D eigenvalue weighted by molar-refractivity contribution is 7.53. The van der Waals surface area contributed by atoms with Crippen LogP contribution >= 0.6 is 18.9 Å². The molecule has 0 aliphatic rings. The fraction of sp³-hybridized carbons (Fsp3) is 0.231. The van der Waals surface area contributed by atoms with Crippen LogP contribution < -0.4 is 4.52 Å². The second kappa shape index (κ2) is 6.19. The molecule has 0 spiro atoms. The molecule has 18 heavy (non-hydrogen) atoms. The Morgan fingerprint density at radius 2 is 2.00 bits per heavy atom. The molecule has 1 aromatic heterocycles. The summed E-state index contributed by atoms with van der Waals surface area (Å²) in [5.41, 5.74) is 1.21. The van der Waals surface area contributed by atoms with Crippen molar-refractivity contribution in [2.75, 3.05) is 6.16 Å². The first-order valence-corrected chi connectivity index (χ1v) is 8.44. The maximum Gasteiger partial charge on any atom is 0.376 e. The summed E-state index contributed by atoms with van der Waals surface area (Å²) in [5.74, 6) is 0.443. The Bertz CT molecular complexity index is 510. The van der Waals surface area contributed by atoms with E-state index in [4.69, 9.17) is 4.52 Å². The second-order valence-corrected chi connectivity index (χ2v) is 6.69. The van der Waals surface area contributed by atoms with Gasteiger partial charge >= 0.3 is 7.60 Å². The Hall–Kier alpha value is -1.09. The van der Waals surface area contributed by atoms with Crippen molar-refractivity contribution in [3.8, 4) is 5.75 Å². The first kappa shape index (κ1) is 13.3. The third kappa shape index (κ3) is 4.30. The second-order valence-electron chi connectivity index (χ2n) is 4.00. The van der Waals surface area contributed by atoms with Gasteiger partial charge in [-0.1, -0.05) is 18.2 Å². The van der Waals surface area contributed by atoms with Crippen molar-refractivity contribution < 1.29 is 14.0 Å². The third-order valence-electron chi connectivity index (χ3n) is 2.48. The molecule has 0 fully saturated rings. The van der Waals surface area contributed by atoms with E-state index < -0.39 is 7.60 Å². The molecule has 2 rings (SSSR count). The lowest BCUT2D eigenvalue weighted by molar-refractivity contribution is 0.378. The van der Waals surface area contributed by atoms with Crippen LogP contribution in [-0.4, -0.2) is 11.1 Å². The summed E-state index contributed by atoms with van der Waals surface area (Å²) in [5, 5.41) is 4.06. The molecular weight excluding hydrogens is 267 g/mol. The largest absolute Gasteiger partial charge is 0.424 e. The molecule has 5 heteroatoms. The first-order chi connectivity index (χ1) is 8.66. The molecule has 0 bridgehead atoms. The molecule has 1 atom stereocenters. The van der Waals surface area contributed by atoms with Gasteiger partial charge in [0, 0.05) is 0 Å². The summed E-state index contributed by atoms with van der Waals surface area (Å²) >= 11 is 1.64. The van der Waals surface area contributed by atoms with Crippen molar-refractivity contribution in [1.29, 1.82) is 0 Å². The summed E-state index contributed by atoms with van der Waals surface area (Å²) in [4.78, 5) is 9.73. The molecule has 0 saturated heterocycles. The number of thiophene rings is 1. The molecule has 0 amide bonds. The van der Waals surface area contributed by atoms with E-state index in [0.29, 0.717) is 12.2 Å². The van der Waals surface area contributed by atoms with E-state index in [0.717, 1.165) is 6.42 Å². The van der Waals surface area contributed by atoms with Crippen molar-refractivity contribution in [1.82, 2.24) is 0 Å². The van der Waals surface area contributed by atoms with Gasteiger partial charge in [0.05, 0.1) is 6.16 Å². The van der Waals surface area contributed by atoms with Crippen molar-refractivity contribution >= 4 is 18.9 Å². The minimum absolute atomic E-state index is 0.178. The average Bonchev–Trinajstić information content (AvgIpc) is 2.82. The molecule has 3 nitrogen and oxygen atoms in total. The van der Waals surface area contributed by atoms with E-state index in [2.05, 4.69) is 5.38 Å². The summed E-state index contributed by atoms with van der Waals surface area (Å²) < 4.78 is 17.0. The highest BCUT2D eigenvalue weighted by Gasteiger charge is 2.20. The van der Waals surface area contributed by atoms with E-state index in [-0.39, 0.29) is 6.16 Å². The zero-order valence-corrected chi connectivity index (χ0v) is 11.6. The van der Waals surface area contributed by atoms with Gasteiger partial charge in [0.15, 0.2) is 0 Å². The Kier molecular flexibility index (Phi) is 4.59. The van der Waals surface area contributed by atoms with Crippen molar-refractivity contribution in [3.63, 3.8) is 0 Å². The SMILES string of the molecule is O=P(O)(CCCc1ccsc1)Oc1ccccc1. The highest BCUT2D eigenvalue weighted by Crippen LogP contribution is 2.43. The van der Waals surface area contributed by atoms with Crippen LogP contribution in [0.1, 0.15) is 12.0 Å². The monoisotopic (exact) mass is 282 g/mol. The van der Waals surface area contributed by atoms with Gasteiger partial charge in [-0.25, -0.2) is 4.57 Å². The van der Waals surface area contributed by atoms with Crippen LogP contribution in [0.5, 0.6) is 5.75 Å². The lowest BCUT2D eigenvalue weighted by atomic mass is 10.2. The smallest absolute Gasteiger partial charge is 0.376 e. The zero-order valence-electron chi connectivity index (χ0n) is 9.86. The molecular formula is C13H15O3PS. The van der Waals surface area contributed by atoms with E-state index in [9.17, 15) is 9.46 Å². The lowest BCUT2D eigenvalue weighted by Gasteiger charge is -2.12. The number of hydrogen-bond donors (Lipinski definition) is 1. The fourth-order valence-electron chi connectivity index (χ4n) is 1.61. The summed E-state index contributed by atoms with van der Waals surface area (Å²) in [6, 6.07) is 10.8. The van der Waals surface area contributed by atoms with Gasteiger partial charge in [-0.15, -0.1) is 0 Å². The maximum atomic E-state index is 11.8. The van der Waals surface area contributed by atoms with Crippen LogP contribution in [0.25, 0.3) is 0 Å². The maximum absolute atomic E-state index is 11.8. The summed E-state index contributed by atoms with van der Waals surface area (Å²) in [6.07, 6.45) is 1.64. The van der Waals surface area contributed by atoms with Gasteiger partial charge in [0.2, 0.25) is 0 Å². The number of hydrogen-bond acceptors (Lipinski definition) is 3. The molecule has 1 N–H and O–H groups in total. The van der Waals surface area contributed by atoms with Crippen molar-refractivity contribution in [2.24, 2.45) is 0 Å². The third-order valence-corrected chi connectivity index (χ3v) is 4.59. The zero-order chi connectivity index (χ0) is 12.8. The van der Waals surface area contributed by atoms with Gasteiger partial charge in [-0.3, -0.25) is 0 Å². The van der Waals surface area contributed by atoms with E-state index in [1.165, 1.54) is 5.56 Å². The molecule has 0 aliphatic carbocycles. The van der Waals surface area contributed by atoms with Gasteiger partial charge in [0.25, 0.3) is 0 Å². The van der Waals surface area contributed by atoms with E-state index in [1.807, 2.05) is 17.5 Å². The van der Waals surface area contributed by atoms with Gasteiger partial charge in [0.1, 0.15) is 5.75 Å². The Labute approximate surface area is 111 Å². The predicted octanol–water partition coefficient (Wildman–Crippen LogP) is 3.95. The van der Waals surface area contributed by atoms with E-state index in [1.54, 1.807) is 35.6 Å². The molecule has 1 unspecified atom stereocenters. The number of rotatable bonds is 6. The van der Waals surface area contributed by atoms with Crippen molar-refractivity contribution in [3.05, 3.63) is 52.7 Å². The fourth-order valence-corrected chi connectivity index (χ4v) is 3.41. The molecule has 2 aromatic rings. The Balaban J connectivity index is 1.82. The molecule has 1 aromatic carbocycles. The minimum Gasteiger partial charge on any atom is -0.424 e. The number of benzene rings is 1. The lowest BCUT2D eigenvalue weighted by Crippen LogP contribution is -1.98. The Morgan fingerprint density at radius 3 is 2.67 bits per heavy atom. The first-order valence-electron chi connectivity index (χ1n) is 5.73. The van der Waals surface area contributed by atoms with E-state index >= 15 is 0 Å². The summed E-state index contributed by atoms with van der Waals surface area (Å²) in [6.45, 7) is 0. The molecule has 0 aliphatic heterocycles. The van der Waals surface area contributed by atoms with Crippen LogP contribution in [0.4, 0.5) is 0 Å². The van der Waals surface area contributed by atoms with Crippen LogP contribution in [0.2, 0.25) is 0 Å². The topological polar surface area (TPSA) is 46.5 Å². The van der Waals surface area contributed by atoms with Crippen LogP contribution in [0, 0.1) is 0 Å². The van der Waals surface area contributed by atoms with Gasteiger partial charge < -0.3 is 9.42 Å². The standard InChI is InChI=1S/C13H15O3PS/c14-17(15,16-13-6-2-1-3-7-13)9-4-5-12-8-10-18-11-12/h1-3,6-8,10-11H,4-5,9H2,(H,14,15). The Morgan fingerprint density at radius 1 is 1.22 bits per heavy atom.